The minimum atomic E-state index is -1.06. The zero-order valence-electron chi connectivity index (χ0n) is 53.2. The number of rotatable bonds is 32. The maximum atomic E-state index is 16.7. The molecule has 494 valence electrons. The first kappa shape index (κ1) is 68.0. The highest BCUT2D eigenvalue weighted by atomic mass is 19.1. The highest BCUT2D eigenvalue weighted by Gasteiger charge is 2.42. The van der Waals surface area contributed by atoms with Crippen LogP contribution in [0.2, 0.25) is 0 Å². The van der Waals surface area contributed by atoms with Gasteiger partial charge in [0, 0.05) is 129 Å². The Labute approximate surface area is 535 Å². The number of primary amides is 1. The Hall–Kier alpha value is -8.42. The molecule has 6 amide bonds. The molecule has 6 N–H and O–H groups in total. The van der Waals surface area contributed by atoms with Crippen LogP contribution in [-0.4, -0.2) is 164 Å². The Morgan fingerprint density at radius 3 is 2.32 bits per heavy atom. The van der Waals surface area contributed by atoms with Gasteiger partial charge in [-0.1, -0.05) is 31.1 Å². The summed E-state index contributed by atoms with van der Waals surface area (Å²) in [6.45, 7) is 13.7. The second-order valence-corrected chi connectivity index (χ2v) is 24.7. The number of amides is 6. The number of hydrogen-bond acceptors (Lipinski definition) is 16. The first-order chi connectivity index (χ1) is 44.5. The second-order valence-electron chi connectivity index (χ2n) is 24.7. The van der Waals surface area contributed by atoms with E-state index in [-0.39, 0.29) is 87.7 Å². The lowest BCUT2D eigenvalue weighted by Gasteiger charge is -2.40. The van der Waals surface area contributed by atoms with Crippen molar-refractivity contribution in [2.45, 2.75) is 135 Å². The fourth-order valence-corrected chi connectivity index (χ4v) is 12.5. The molecule has 4 unspecified atom stereocenters. The maximum absolute atomic E-state index is 16.7. The molecular formula is C66H88FN15O10. The summed E-state index contributed by atoms with van der Waals surface area (Å²) in [6.07, 6.45) is 11.0. The number of hydrogen-bond donors (Lipinski definition) is 5. The number of nitrogens with one attached hydrogen (secondary N) is 4. The van der Waals surface area contributed by atoms with Gasteiger partial charge in [0.2, 0.25) is 17.7 Å². The molecule has 4 fully saturated rings. The Morgan fingerprint density at radius 2 is 1.60 bits per heavy atom. The van der Waals surface area contributed by atoms with Crippen LogP contribution in [0.3, 0.4) is 0 Å². The molecule has 3 aliphatic heterocycles. The van der Waals surface area contributed by atoms with E-state index < -0.39 is 47.7 Å². The molecular weight excluding hydrogens is 1180 g/mol. The average Bonchev–Trinajstić information content (AvgIpc) is 1.30. The van der Waals surface area contributed by atoms with E-state index in [0.29, 0.717) is 93.3 Å². The van der Waals surface area contributed by atoms with E-state index in [9.17, 15) is 28.8 Å². The summed E-state index contributed by atoms with van der Waals surface area (Å²) in [5, 5.41) is 14.6. The number of urea groups is 1. The van der Waals surface area contributed by atoms with Crippen LogP contribution in [0.5, 0.6) is 0 Å². The lowest BCUT2D eigenvalue weighted by atomic mass is 9.92. The first-order valence-corrected chi connectivity index (χ1v) is 32.2. The fraction of sp³-hybridized carbons (Fsp3) is 0.545. The summed E-state index contributed by atoms with van der Waals surface area (Å²) in [7, 11) is 0. The minimum Gasteiger partial charge on any atom is -0.445 e. The van der Waals surface area contributed by atoms with Crippen molar-refractivity contribution in [3.63, 3.8) is 0 Å². The van der Waals surface area contributed by atoms with Crippen LogP contribution in [0.15, 0.2) is 89.2 Å². The summed E-state index contributed by atoms with van der Waals surface area (Å²) in [4.78, 5) is 101. The third kappa shape index (κ3) is 19.1. The number of ether oxygens (including phenoxy) is 4. The number of aryl methyl sites for hydroxylation is 2. The van der Waals surface area contributed by atoms with Gasteiger partial charge in [0.05, 0.1) is 62.7 Å². The van der Waals surface area contributed by atoms with Gasteiger partial charge in [0.15, 0.2) is 5.43 Å². The summed E-state index contributed by atoms with van der Waals surface area (Å²) in [6, 6.07) is 15.9. The van der Waals surface area contributed by atoms with E-state index in [4.69, 9.17) is 30.2 Å². The van der Waals surface area contributed by atoms with Crippen molar-refractivity contribution < 1.29 is 47.3 Å². The van der Waals surface area contributed by atoms with E-state index in [0.717, 1.165) is 73.3 Å². The highest BCUT2D eigenvalue weighted by Crippen LogP contribution is 2.40. The number of carbonyl (C=O) groups excluding carboxylic acids is 5. The fourth-order valence-electron chi connectivity index (χ4n) is 12.5. The molecule has 0 radical (unpaired) electrons. The van der Waals surface area contributed by atoms with Crippen molar-refractivity contribution in [1.82, 2.24) is 40.3 Å². The predicted octanol–water partition coefficient (Wildman–Crippen LogP) is 7.55. The lowest BCUT2D eigenvalue weighted by Crippen LogP contribution is -2.54. The van der Waals surface area contributed by atoms with Crippen LogP contribution in [0.1, 0.15) is 106 Å². The van der Waals surface area contributed by atoms with Crippen LogP contribution in [0.25, 0.3) is 21.3 Å². The van der Waals surface area contributed by atoms with Gasteiger partial charge in [-0.3, -0.25) is 34.0 Å². The van der Waals surface area contributed by atoms with Crippen LogP contribution < -0.4 is 42.2 Å². The van der Waals surface area contributed by atoms with Crippen molar-refractivity contribution in [2.75, 3.05) is 101 Å². The molecule has 2 aromatic carbocycles. The molecule has 5 atom stereocenters. The Kier molecular flexibility index (Phi) is 24.6. The molecule has 9 rings (SSSR count). The number of nitrogens with two attached hydrogens (primary N) is 1. The zero-order valence-corrected chi connectivity index (χ0v) is 53.2. The monoisotopic (exact) mass is 1270 g/mol. The number of benzene rings is 2. The second kappa shape index (κ2) is 33.2. The SMILES string of the molecule is Cc1ccc(N2CCC[C@H](N(Cc3ccnc(C)c3)Cc3cn(C4CC4)c4cc(N5CCC6C(CCN6C(=O)OCc6ccc(NC(=O)C(CCCNC(N)=O)NC(=O)C(NC(=O)CCOCCOCCOCCN=[N+]=[N-])C(C)C)cc6)C5)c(F)cc4c3=O)C2)cn1. The van der Waals surface area contributed by atoms with E-state index >= 15 is 4.39 Å². The number of anilines is 3. The molecule has 25 nitrogen and oxygen atoms in total. The van der Waals surface area contributed by atoms with Crippen molar-refractivity contribution in [1.29, 1.82) is 0 Å². The lowest BCUT2D eigenvalue weighted by molar-refractivity contribution is -0.132. The van der Waals surface area contributed by atoms with Gasteiger partial charge in [0.25, 0.3) is 0 Å². The number of piperidine rings is 2. The van der Waals surface area contributed by atoms with Crippen molar-refractivity contribution >= 4 is 57.8 Å². The molecule has 1 saturated carbocycles. The third-order valence-corrected chi connectivity index (χ3v) is 17.5. The van der Waals surface area contributed by atoms with Gasteiger partial charge >= 0.3 is 12.1 Å². The van der Waals surface area contributed by atoms with Crippen LogP contribution in [0.4, 0.5) is 31.0 Å². The van der Waals surface area contributed by atoms with Gasteiger partial charge in [-0.05, 0) is 142 Å². The van der Waals surface area contributed by atoms with Gasteiger partial charge in [-0.2, -0.15) is 0 Å². The van der Waals surface area contributed by atoms with E-state index in [1.807, 2.05) is 50.6 Å². The van der Waals surface area contributed by atoms with Crippen LogP contribution in [0, 0.1) is 31.5 Å². The normalized spacial score (nSPS) is 17.9. The van der Waals surface area contributed by atoms with Crippen molar-refractivity contribution in [2.24, 2.45) is 22.7 Å². The molecule has 26 heteroatoms. The third-order valence-electron chi connectivity index (χ3n) is 17.5. The van der Waals surface area contributed by atoms with Crippen LogP contribution in [-0.2, 0) is 53.0 Å². The Morgan fingerprint density at radius 1 is 0.826 bits per heavy atom. The van der Waals surface area contributed by atoms with Crippen LogP contribution >= 0.6 is 0 Å². The molecule has 4 aliphatic rings. The molecule has 0 spiro atoms. The number of pyridine rings is 3. The number of fused-ring (bicyclic) bond motifs is 2. The largest absolute Gasteiger partial charge is 0.445 e. The number of carbonyl (C=O) groups is 5. The predicted molar refractivity (Wildman–Crippen MR) is 346 cm³/mol. The Balaban J connectivity index is 0.770. The maximum Gasteiger partial charge on any atom is 0.410 e. The molecule has 92 heavy (non-hydrogen) atoms. The van der Waals surface area contributed by atoms with E-state index in [1.165, 1.54) is 6.07 Å². The molecule has 5 aromatic rings. The van der Waals surface area contributed by atoms with Crippen molar-refractivity contribution in [3.8, 4) is 0 Å². The molecule has 6 heterocycles. The topological polar surface area (TPSA) is 306 Å². The Bertz CT molecular complexity index is 3440. The van der Waals surface area contributed by atoms with Gasteiger partial charge in [-0.25, -0.2) is 14.0 Å². The van der Waals surface area contributed by atoms with Crippen molar-refractivity contribution in [3.05, 3.63) is 134 Å². The number of nitrogens with zero attached hydrogens (tertiary/aromatic N) is 10. The van der Waals surface area contributed by atoms with Gasteiger partial charge < -0.3 is 65.2 Å². The minimum absolute atomic E-state index is 0.0222. The standard InChI is InChI=1S/C66H88FN15O10/c1-43(2)61(76-60(83)20-27-89-29-31-91-32-30-90-28-23-73-77-69)64(86)75-56(8-5-21-71-65(68)87)63(85)74-50-12-10-46(11-13-50)42-92-66(88)81-26-18-48-38-79(25-19-57(48)81)59-35-58-54(34-55(59)67)62(84)49(40-82(58)51-15-16-51)39-80(37-47-17-22-70-45(4)33-47)53-7-6-24-78(41-53)52-14-9-44(3)72-36-52/h9-14,17,22,33-36,40,43,48,51,53,56-57,61H,5-8,15-16,18-21,23-32,37-39,41-42H2,1-4H3,(H,74,85)(H,75,86)(H,76,83)(H3,68,71,87)/t48?,53-,56?,57?,61?/m0/s1. The number of likely N-dealkylation sites (tertiary alicyclic amines) is 1. The average molecular weight is 1270 g/mol. The summed E-state index contributed by atoms with van der Waals surface area (Å²) in [5.74, 6) is -2.23. The number of aromatic nitrogens is 3. The summed E-state index contributed by atoms with van der Waals surface area (Å²) >= 11 is 0. The smallest absolute Gasteiger partial charge is 0.410 e. The molecule has 3 aromatic heterocycles. The first-order valence-electron chi connectivity index (χ1n) is 32.2. The van der Waals surface area contributed by atoms with Gasteiger partial charge in [0.1, 0.15) is 24.5 Å². The molecule has 3 saturated heterocycles. The quantitative estimate of drug-likeness (QED) is 0.0120. The summed E-state index contributed by atoms with van der Waals surface area (Å²) in [5.41, 5.74) is 20.4. The summed E-state index contributed by atoms with van der Waals surface area (Å²) < 4.78 is 41.0. The molecule has 1 aliphatic carbocycles. The van der Waals surface area contributed by atoms with E-state index in [1.54, 1.807) is 43.0 Å². The molecule has 0 bridgehead atoms. The number of halogens is 1. The number of azide groups is 1. The van der Waals surface area contributed by atoms with Gasteiger partial charge in [-0.15, -0.1) is 0 Å². The van der Waals surface area contributed by atoms with E-state index in [2.05, 4.69) is 72.7 Å². The highest BCUT2D eigenvalue weighted by molar-refractivity contribution is 5.98. The zero-order chi connectivity index (χ0) is 65.1.